The van der Waals surface area contributed by atoms with E-state index in [-0.39, 0.29) is 5.69 Å². The lowest BCUT2D eigenvalue weighted by molar-refractivity contribution is -0.114. The van der Waals surface area contributed by atoms with Crippen molar-refractivity contribution in [3.05, 3.63) is 84.7 Å². The van der Waals surface area contributed by atoms with E-state index in [1.807, 2.05) is 18.2 Å². The van der Waals surface area contributed by atoms with Gasteiger partial charge in [-0.2, -0.15) is 0 Å². The van der Waals surface area contributed by atoms with Gasteiger partial charge in [0.05, 0.1) is 11.9 Å². The first kappa shape index (κ1) is 20.3. The predicted octanol–water partition coefficient (Wildman–Crippen LogP) is 4.02. The number of halogens is 1. The second kappa shape index (κ2) is 8.74. The average Bonchev–Trinajstić information content (AvgIpc) is 2.67. The van der Waals surface area contributed by atoms with Crippen molar-refractivity contribution in [1.29, 1.82) is 0 Å². The summed E-state index contributed by atoms with van der Waals surface area (Å²) in [6.07, 6.45) is 1.01. The fraction of sp³-hybridized carbons (Fsp3) is 0.0952. The Morgan fingerprint density at radius 1 is 0.966 bits per heavy atom. The second-order valence-corrected chi connectivity index (χ2v) is 8.14. The van der Waals surface area contributed by atoms with Crippen LogP contribution >= 0.6 is 0 Å². The van der Waals surface area contributed by atoms with Gasteiger partial charge in [0.1, 0.15) is 23.9 Å². The first-order valence-electron chi connectivity index (χ1n) is 8.67. The number of ether oxygens (including phenoxy) is 1. The van der Waals surface area contributed by atoms with Crippen molar-refractivity contribution >= 4 is 27.3 Å². The summed E-state index contributed by atoms with van der Waals surface area (Å²) in [5.41, 5.74) is 0.553. The number of carbonyl (C=O) groups excluding carboxylic acids is 1. The molecule has 29 heavy (non-hydrogen) atoms. The standard InChI is InChI=1S/C21H19FN2O4S/c1-29(26,27)24(15-21(25)23-17-7-5-6-16(22)14-17)18-10-12-20(13-11-18)28-19-8-3-2-4-9-19/h2-14H,15H2,1H3,(H,23,25). The van der Waals surface area contributed by atoms with E-state index >= 15 is 0 Å². The van der Waals surface area contributed by atoms with Crippen LogP contribution in [0.15, 0.2) is 78.9 Å². The Bertz CT molecular complexity index is 1090. The van der Waals surface area contributed by atoms with E-state index in [0.717, 1.165) is 16.6 Å². The molecule has 0 spiro atoms. The Morgan fingerprint density at radius 2 is 1.62 bits per heavy atom. The fourth-order valence-corrected chi connectivity index (χ4v) is 3.46. The molecule has 0 saturated heterocycles. The maximum atomic E-state index is 13.3. The molecule has 3 aromatic carbocycles. The highest BCUT2D eigenvalue weighted by molar-refractivity contribution is 7.92. The lowest BCUT2D eigenvalue weighted by Gasteiger charge is -2.22. The highest BCUT2D eigenvalue weighted by Crippen LogP contribution is 2.25. The average molecular weight is 414 g/mol. The molecule has 8 heteroatoms. The molecule has 0 atom stereocenters. The van der Waals surface area contributed by atoms with Gasteiger partial charge in [-0.1, -0.05) is 24.3 Å². The van der Waals surface area contributed by atoms with E-state index in [4.69, 9.17) is 4.74 Å². The summed E-state index contributed by atoms with van der Waals surface area (Å²) in [4.78, 5) is 12.3. The molecule has 0 aliphatic carbocycles. The van der Waals surface area contributed by atoms with Gasteiger partial charge >= 0.3 is 0 Å². The third kappa shape index (κ3) is 5.79. The highest BCUT2D eigenvalue weighted by atomic mass is 32.2. The predicted molar refractivity (Wildman–Crippen MR) is 110 cm³/mol. The van der Waals surface area contributed by atoms with E-state index in [2.05, 4.69) is 5.32 Å². The number of nitrogens with zero attached hydrogens (tertiary/aromatic N) is 1. The normalized spacial score (nSPS) is 11.0. The van der Waals surface area contributed by atoms with Crippen LogP contribution in [0, 0.1) is 5.82 Å². The molecule has 0 radical (unpaired) electrons. The van der Waals surface area contributed by atoms with Crippen LogP contribution in [0.5, 0.6) is 11.5 Å². The number of rotatable bonds is 7. The van der Waals surface area contributed by atoms with Gasteiger partial charge in [-0.25, -0.2) is 12.8 Å². The lowest BCUT2D eigenvalue weighted by atomic mass is 10.3. The van der Waals surface area contributed by atoms with E-state index in [9.17, 15) is 17.6 Å². The molecular formula is C21H19FN2O4S. The molecule has 0 heterocycles. The molecule has 0 fully saturated rings. The van der Waals surface area contributed by atoms with Crippen LogP contribution in [0.25, 0.3) is 0 Å². The third-order valence-corrected chi connectivity index (χ3v) is 5.04. The number of hydrogen-bond acceptors (Lipinski definition) is 4. The van der Waals surface area contributed by atoms with Gasteiger partial charge in [0.25, 0.3) is 0 Å². The van der Waals surface area contributed by atoms with Crippen molar-refractivity contribution in [2.45, 2.75) is 0 Å². The van der Waals surface area contributed by atoms with Crippen LogP contribution in [0.2, 0.25) is 0 Å². The molecule has 1 N–H and O–H groups in total. The molecule has 3 rings (SSSR count). The minimum absolute atomic E-state index is 0.245. The molecule has 1 amide bonds. The van der Waals surface area contributed by atoms with Crippen molar-refractivity contribution in [2.24, 2.45) is 0 Å². The molecule has 0 unspecified atom stereocenters. The van der Waals surface area contributed by atoms with Gasteiger partial charge in [-0.15, -0.1) is 0 Å². The third-order valence-electron chi connectivity index (χ3n) is 3.90. The Balaban J connectivity index is 1.74. The number of amides is 1. The van der Waals surface area contributed by atoms with Crippen LogP contribution in [-0.2, 0) is 14.8 Å². The van der Waals surface area contributed by atoms with Crippen LogP contribution in [0.3, 0.4) is 0 Å². The maximum Gasteiger partial charge on any atom is 0.245 e. The molecule has 0 saturated carbocycles. The van der Waals surface area contributed by atoms with Crippen molar-refractivity contribution in [1.82, 2.24) is 0 Å². The largest absolute Gasteiger partial charge is 0.457 e. The van der Waals surface area contributed by atoms with Crippen LogP contribution < -0.4 is 14.4 Å². The van der Waals surface area contributed by atoms with Gasteiger partial charge < -0.3 is 10.1 Å². The van der Waals surface area contributed by atoms with Gasteiger partial charge in [0, 0.05) is 5.69 Å². The van der Waals surface area contributed by atoms with Crippen LogP contribution in [-0.4, -0.2) is 27.1 Å². The molecule has 150 valence electrons. The number of para-hydroxylation sites is 1. The zero-order valence-electron chi connectivity index (χ0n) is 15.6. The van der Waals surface area contributed by atoms with E-state index in [1.54, 1.807) is 36.4 Å². The van der Waals surface area contributed by atoms with Crippen molar-refractivity contribution in [3.63, 3.8) is 0 Å². The Hall–Kier alpha value is -3.39. The molecule has 0 aliphatic heterocycles. The summed E-state index contributed by atoms with van der Waals surface area (Å²) in [5, 5.41) is 2.49. The van der Waals surface area contributed by atoms with Gasteiger partial charge in [-0.05, 0) is 54.6 Å². The summed E-state index contributed by atoms with van der Waals surface area (Å²) < 4.78 is 44.3. The number of carbonyl (C=O) groups is 1. The second-order valence-electron chi connectivity index (χ2n) is 6.24. The minimum Gasteiger partial charge on any atom is -0.457 e. The molecule has 0 bridgehead atoms. The minimum atomic E-state index is -3.73. The molecular weight excluding hydrogens is 395 g/mol. The number of nitrogens with one attached hydrogen (secondary N) is 1. The Morgan fingerprint density at radius 3 is 2.24 bits per heavy atom. The van der Waals surface area contributed by atoms with Crippen LogP contribution in [0.1, 0.15) is 0 Å². The summed E-state index contributed by atoms with van der Waals surface area (Å²) in [5.74, 6) is 0.0784. The summed E-state index contributed by atoms with van der Waals surface area (Å²) >= 11 is 0. The van der Waals surface area contributed by atoms with Crippen molar-refractivity contribution in [3.8, 4) is 11.5 Å². The van der Waals surface area contributed by atoms with Gasteiger partial charge in [-0.3, -0.25) is 9.10 Å². The highest BCUT2D eigenvalue weighted by Gasteiger charge is 2.21. The Kier molecular flexibility index (Phi) is 6.13. The molecule has 3 aromatic rings. The van der Waals surface area contributed by atoms with Crippen molar-refractivity contribution < 1.29 is 22.3 Å². The Labute approximate surface area is 168 Å². The summed E-state index contributed by atoms with van der Waals surface area (Å²) in [6, 6.07) is 20.8. The van der Waals surface area contributed by atoms with Gasteiger partial charge in [0.2, 0.25) is 15.9 Å². The first-order valence-corrected chi connectivity index (χ1v) is 10.5. The van der Waals surface area contributed by atoms with Gasteiger partial charge in [0.15, 0.2) is 0 Å². The number of hydrogen-bond donors (Lipinski definition) is 1. The van der Waals surface area contributed by atoms with Crippen LogP contribution in [0.4, 0.5) is 15.8 Å². The zero-order chi connectivity index (χ0) is 20.9. The molecule has 0 aliphatic rings. The fourth-order valence-electron chi connectivity index (χ4n) is 2.60. The lowest BCUT2D eigenvalue weighted by Crippen LogP contribution is -2.37. The number of sulfonamides is 1. The first-order chi connectivity index (χ1) is 13.8. The smallest absolute Gasteiger partial charge is 0.245 e. The van der Waals surface area contributed by atoms with E-state index < -0.39 is 28.3 Å². The monoisotopic (exact) mass is 414 g/mol. The van der Waals surface area contributed by atoms with E-state index in [1.165, 1.54) is 18.2 Å². The van der Waals surface area contributed by atoms with E-state index in [0.29, 0.717) is 17.2 Å². The quantitative estimate of drug-likeness (QED) is 0.634. The SMILES string of the molecule is CS(=O)(=O)N(CC(=O)Nc1cccc(F)c1)c1ccc(Oc2ccccc2)cc1. The number of benzene rings is 3. The van der Waals surface area contributed by atoms with Crippen molar-refractivity contribution in [2.75, 3.05) is 22.4 Å². The zero-order valence-corrected chi connectivity index (χ0v) is 16.4. The molecule has 0 aromatic heterocycles. The topological polar surface area (TPSA) is 75.7 Å². The number of anilines is 2. The molecule has 6 nitrogen and oxygen atoms in total. The summed E-state index contributed by atoms with van der Waals surface area (Å²) in [7, 11) is -3.73. The maximum absolute atomic E-state index is 13.3. The summed E-state index contributed by atoms with van der Waals surface area (Å²) in [6.45, 7) is -0.450.